The molecule has 1 aromatic heterocycles. The van der Waals surface area contributed by atoms with Gasteiger partial charge in [0.05, 0.1) is 0 Å². The minimum absolute atomic E-state index is 0.497. The van der Waals surface area contributed by atoms with Gasteiger partial charge in [0.2, 0.25) is 0 Å². The molecule has 0 aliphatic carbocycles. The highest BCUT2D eigenvalue weighted by Gasteiger charge is 2.19. The van der Waals surface area contributed by atoms with E-state index < -0.39 is 12.0 Å². The predicted octanol–water partition coefficient (Wildman–Crippen LogP) is 2.28. The summed E-state index contributed by atoms with van der Waals surface area (Å²) in [6.07, 6.45) is 7.96. The zero-order valence-electron chi connectivity index (χ0n) is 10.2. The third kappa shape index (κ3) is 3.75. The average Bonchev–Trinajstić information content (AvgIpc) is 2.73. The molecule has 1 unspecified atom stereocenters. The molecule has 0 saturated carbocycles. The lowest BCUT2D eigenvalue weighted by Gasteiger charge is -2.16. The van der Waals surface area contributed by atoms with Crippen molar-refractivity contribution in [3.8, 4) is 0 Å². The Morgan fingerprint density at radius 2 is 2.35 bits per heavy atom. The van der Waals surface area contributed by atoms with Gasteiger partial charge >= 0.3 is 5.97 Å². The molecule has 0 amide bonds. The summed E-state index contributed by atoms with van der Waals surface area (Å²) >= 11 is 0. The maximum absolute atomic E-state index is 11.3. The van der Waals surface area contributed by atoms with Crippen molar-refractivity contribution in [2.24, 2.45) is 5.73 Å². The first-order valence-electron chi connectivity index (χ1n) is 5.93. The third-order valence-electron chi connectivity index (χ3n) is 2.70. The van der Waals surface area contributed by atoms with Gasteiger partial charge in [-0.15, -0.1) is 0 Å². The van der Waals surface area contributed by atoms with Crippen molar-refractivity contribution in [2.75, 3.05) is 6.54 Å². The lowest BCUT2D eigenvalue weighted by molar-refractivity contribution is -0.141. The van der Waals surface area contributed by atoms with Crippen molar-refractivity contribution < 1.29 is 9.90 Å². The lowest BCUT2D eigenvalue weighted by atomic mass is 10.1. The lowest BCUT2D eigenvalue weighted by Crippen LogP contribution is -2.19. The molecule has 4 nitrogen and oxygen atoms in total. The van der Waals surface area contributed by atoms with E-state index in [-0.39, 0.29) is 0 Å². The number of carbonyl (C=O) groups is 1. The molecule has 0 saturated heterocycles. The van der Waals surface area contributed by atoms with Crippen LogP contribution in [0.3, 0.4) is 0 Å². The largest absolute Gasteiger partial charge is 0.480 e. The van der Waals surface area contributed by atoms with E-state index in [1.54, 1.807) is 4.57 Å². The quantitative estimate of drug-likeness (QED) is 0.714. The number of aromatic nitrogens is 1. The summed E-state index contributed by atoms with van der Waals surface area (Å²) in [6.45, 7) is 2.53. The smallest absolute Gasteiger partial charge is 0.326 e. The van der Waals surface area contributed by atoms with E-state index in [4.69, 9.17) is 5.73 Å². The highest BCUT2D eigenvalue weighted by Crippen LogP contribution is 2.19. The van der Waals surface area contributed by atoms with Gasteiger partial charge in [0.15, 0.2) is 0 Å². The van der Waals surface area contributed by atoms with Gasteiger partial charge in [-0.1, -0.05) is 6.08 Å². The maximum Gasteiger partial charge on any atom is 0.326 e. The summed E-state index contributed by atoms with van der Waals surface area (Å²) in [7, 11) is 0. The summed E-state index contributed by atoms with van der Waals surface area (Å²) in [4.78, 5) is 11.3. The fraction of sp³-hybridized carbons (Fsp3) is 0.462. The molecule has 1 rings (SSSR count). The third-order valence-corrected chi connectivity index (χ3v) is 2.70. The number of nitrogens with two attached hydrogens (primary N) is 1. The van der Waals surface area contributed by atoms with E-state index in [0.29, 0.717) is 13.0 Å². The molecule has 0 bridgehead atoms. The van der Waals surface area contributed by atoms with Crippen LogP contribution in [0.15, 0.2) is 24.4 Å². The molecule has 0 aromatic carbocycles. The SMILES string of the molecule is C/C=C/c1cccn1C(CCCCN)C(=O)O. The maximum atomic E-state index is 11.3. The van der Waals surface area contributed by atoms with E-state index in [1.165, 1.54) is 0 Å². The Hall–Kier alpha value is -1.55. The Balaban J connectivity index is 2.82. The topological polar surface area (TPSA) is 68.2 Å². The predicted molar refractivity (Wildman–Crippen MR) is 68.7 cm³/mol. The molecule has 1 heterocycles. The van der Waals surface area contributed by atoms with Crippen LogP contribution in [0.25, 0.3) is 6.08 Å². The number of unbranched alkanes of at least 4 members (excludes halogenated alkanes) is 1. The zero-order chi connectivity index (χ0) is 12.7. The second kappa shape index (κ2) is 6.91. The van der Waals surface area contributed by atoms with Crippen LogP contribution in [0.1, 0.15) is 37.9 Å². The number of nitrogens with zero attached hydrogens (tertiary/aromatic N) is 1. The van der Waals surface area contributed by atoms with E-state index in [1.807, 2.05) is 37.4 Å². The highest BCUT2D eigenvalue weighted by atomic mass is 16.4. The average molecular weight is 236 g/mol. The fourth-order valence-electron chi connectivity index (χ4n) is 1.87. The van der Waals surface area contributed by atoms with Crippen molar-refractivity contribution >= 4 is 12.0 Å². The number of rotatable bonds is 7. The number of allylic oxidation sites excluding steroid dienone is 1. The van der Waals surface area contributed by atoms with Crippen molar-refractivity contribution in [1.82, 2.24) is 4.57 Å². The van der Waals surface area contributed by atoms with Gasteiger partial charge in [0, 0.05) is 11.9 Å². The van der Waals surface area contributed by atoms with Gasteiger partial charge in [-0.05, 0) is 50.9 Å². The minimum atomic E-state index is -0.788. The van der Waals surface area contributed by atoms with E-state index in [0.717, 1.165) is 18.5 Å². The molecule has 0 aliphatic rings. The van der Waals surface area contributed by atoms with Crippen LogP contribution < -0.4 is 5.73 Å². The summed E-state index contributed by atoms with van der Waals surface area (Å²) < 4.78 is 1.80. The Morgan fingerprint density at radius 1 is 1.59 bits per heavy atom. The zero-order valence-corrected chi connectivity index (χ0v) is 10.2. The van der Waals surface area contributed by atoms with Gasteiger partial charge in [-0.25, -0.2) is 4.79 Å². The van der Waals surface area contributed by atoms with Crippen molar-refractivity contribution in [3.05, 3.63) is 30.1 Å². The fourth-order valence-corrected chi connectivity index (χ4v) is 1.87. The van der Waals surface area contributed by atoms with Gasteiger partial charge in [0.1, 0.15) is 6.04 Å². The highest BCUT2D eigenvalue weighted by molar-refractivity contribution is 5.72. The van der Waals surface area contributed by atoms with Gasteiger partial charge in [0.25, 0.3) is 0 Å². The Labute approximate surface area is 102 Å². The Morgan fingerprint density at radius 3 is 2.94 bits per heavy atom. The number of carboxylic acid groups (broad SMARTS) is 1. The van der Waals surface area contributed by atoms with E-state index >= 15 is 0 Å². The van der Waals surface area contributed by atoms with Crippen LogP contribution in [-0.4, -0.2) is 22.2 Å². The Bertz CT molecular complexity index is 383. The molecule has 17 heavy (non-hydrogen) atoms. The van der Waals surface area contributed by atoms with Crippen LogP contribution in [0.5, 0.6) is 0 Å². The first-order valence-corrected chi connectivity index (χ1v) is 5.93. The number of hydrogen-bond acceptors (Lipinski definition) is 2. The molecule has 94 valence electrons. The van der Waals surface area contributed by atoms with Crippen LogP contribution in [0.4, 0.5) is 0 Å². The summed E-state index contributed by atoms with van der Waals surface area (Å²) in [5.74, 6) is -0.788. The monoisotopic (exact) mass is 236 g/mol. The van der Waals surface area contributed by atoms with Crippen LogP contribution in [0.2, 0.25) is 0 Å². The molecular formula is C13H20N2O2. The number of hydrogen-bond donors (Lipinski definition) is 2. The normalized spacial score (nSPS) is 13.1. The molecule has 0 radical (unpaired) electrons. The van der Waals surface area contributed by atoms with Gasteiger partial charge < -0.3 is 15.4 Å². The van der Waals surface area contributed by atoms with Crippen LogP contribution >= 0.6 is 0 Å². The standard InChI is InChI=1S/C13H20N2O2/c1-2-6-11-7-5-10-15(11)12(13(16)17)8-3-4-9-14/h2,5-7,10,12H,3-4,8-9,14H2,1H3,(H,16,17)/b6-2+. The van der Waals surface area contributed by atoms with Crippen LogP contribution in [-0.2, 0) is 4.79 Å². The molecule has 1 atom stereocenters. The molecule has 4 heteroatoms. The van der Waals surface area contributed by atoms with Crippen molar-refractivity contribution in [3.63, 3.8) is 0 Å². The Kier molecular flexibility index (Phi) is 5.49. The van der Waals surface area contributed by atoms with E-state index in [2.05, 4.69) is 0 Å². The summed E-state index contributed by atoms with van der Waals surface area (Å²) in [5.41, 5.74) is 6.35. The molecule has 1 aromatic rings. The van der Waals surface area contributed by atoms with Gasteiger partial charge in [-0.2, -0.15) is 0 Å². The van der Waals surface area contributed by atoms with Crippen molar-refractivity contribution in [2.45, 2.75) is 32.2 Å². The first kappa shape index (κ1) is 13.5. The molecule has 0 fully saturated rings. The minimum Gasteiger partial charge on any atom is -0.480 e. The number of aliphatic carboxylic acids is 1. The molecule has 0 aliphatic heterocycles. The van der Waals surface area contributed by atoms with Gasteiger partial charge in [-0.3, -0.25) is 0 Å². The number of carboxylic acids is 1. The van der Waals surface area contributed by atoms with Crippen LogP contribution in [0, 0.1) is 0 Å². The molecule has 3 N–H and O–H groups in total. The van der Waals surface area contributed by atoms with E-state index in [9.17, 15) is 9.90 Å². The molecule has 0 spiro atoms. The summed E-state index contributed by atoms with van der Waals surface area (Å²) in [6, 6.07) is 3.29. The van der Waals surface area contributed by atoms with Crippen molar-refractivity contribution in [1.29, 1.82) is 0 Å². The molecular weight excluding hydrogens is 216 g/mol. The first-order chi connectivity index (χ1) is 8.20. The summed E-state index contributed by atoms with van der Waals surface area (Å²) in [5, 5.41) is 9.26. The second-order valence-electron chi connectivity index (χ2n) is 3.98. The second-order valence-corrected chi connectivity index (χ2v) is 3.98.